The molecule has 0 amide bonds. The normalized spacial score (nSPS) is 11.8. The van der Waals surface area contributed by atoms with Gasteiger partial charge in [0.1, 0.15) is 28.3 Å². The number of phenols is 1. The summed E-state index contributed by atoms with van der Waals surface area (Å²) < 4.78 is 1.97. The lowest BCUT2D eigenvalue weighted by atomic mass is 10.0. The van der Waals surface area contributed by atoms with E-state index in [0.717, 1.165) is 16.6 Å². The summed E-state index contributed by atoms with van der Waals surface area (Å²) in [5, 5.41) is 17.5. The summed E-state index contributed by atoms with van der Waals surface area (Å²) in [4.78, 5) is 16.2. The summed E-state index contributed by atoms with van der Waals surface area (Å²) >= 11 is 0. The fraction of sp³-hybridized carbons (Fsp3) is 0.250. The minimum Gasteiger partial charge on any atom is -0.505 e. The van der Waals surface area contributed by atoms with Crippen LogP contribution in [-0.2, 0) is 6.54 Å². The molecule has 5 nitrogen and oxygen atoms in total. The van der Waals surface area contributed by atoms with Gasteiger partial charge >= 0.3 is 0 Å². The zero-order valence-corrected chi connectivity index (χ0v) is 14.4. The molecule has 126 valence electrons. The van der Waals surface area contributed by atoms with E-state index in [9.17, 15) is 10.0 Å². The number of rotatable bonds is 3. The van der Waals surface area contributed by atoms with Crippen LogP contribution in [0.15, 0.2) is 41.6 Å². The van der Waals surface area contributed by atoms with Gasteiger partial charge in [-0.15, -0.1) is 4.91 Å². The van der Waals surface area contributed by atoms with Gasteiger partial charge < -0.3 is 9.67 Å². The number of phenolic OH excluding ortho intramolecular Hbond substituents is 1. The number of nitrogens with zero attached hydrogens (tertiary/aromatic N) is 3. The number of aromatic hydroxyl groups is 1. The van der Waals surface area contributed by atoms with Crippen LogP contribution in [-0.4, -0.2) is 14.7 Å². The first-order chi connectivity index (χ1) is 12.0. The molecule has 4 aromatic rings. The lowest BCUT2D eigenvalue weighted by Crippen LogP contribution is -2.06. The highest BCUT2D eigenvalue weighted by atomic mass is 16.3. The maximum Gasteiger partial charge on any atom is 0.149 e. The lowest BCUT2D eigenvalue weighted by Gasteiger charge is -2.12. The number of imidazole rings is 1. The van der Waals surface area contributed by atoms with Gasteiger partial charge in [-0.1, -0.05) is 38.1 Å². The van der Waals surface area contributed by atoms with Crippen LogP contribution in [0.4, 0.5) is 5.69 Å². The van der Waals surface area contributed by atoms with Crippen molar-refractivity contribution in [3.05, 3.63) is 47.1 Å². The van der Waals surface area contributed by atoms with Crippen molar-refractivity contribution >= 4 is 38.3 Å². The highest BCUT2D eigenvalue weighted by Gasteiger charge is 2.21. The largest absolute Gasteiger partial charge is 0.505 e. The Hall–Kier alpha value is -2.95. The number of benzene rings is 3. The number of hydrogen-bond acceptors (Lipinski definition) is 4. The summed E-state index contributed by atoms with van der Waals surface area (Å²) in [5.74, 6) is 1.31. The van der Waals surface area contributed by atoms with Gasteiger partial charge in [0.05, 0.1) is 0 Å². The Morgan fingerprint density at radius 1 is 1.16 bits per heavy atom. The van der Waals surface area contributed by atoms with E-state index >= 15 is 0 Å². The van der Waals surface area contributed by atoms with Crippen LogP contribution in [0.2, 0.25) is 0 Å². The molecule has 1 heterocycles. The average molecular weight is 333 g/mol. The topological polar surface area (TPSA) is 67.5 Å². The fourth-order valence-corrected chi connectivity index (χ4v) is 3.54. The molecule has 1 aromatic heterocycles. The second-order valence-electron chi connectivity index (χ2n) is 6.89. The van der Waals surface area contributed by atoms with Crippen LogP contribution in [0.25, 0.3) is 32.6 Å². The number of fused-ring (bicyclic) bond motifs is 3. The molecule has 0 bridgehead atoms. The quantitative estimate of drug-likeness (QED) is 0.402. The zero-order chi connectivity index (χ0) is 17.7. The molecule has 0 fully saturated rings. The third-order valence-electron chi connectivity index (χ3n) is 4.64. The van der Waals surface area contributed by atoms with Crippen molar-refractivity contribution in [2.75, 3.05) is 0 Å². The summed E-state index contributed by atoms with van der Waals surface area (Å²) in [5.41, 5.74) is 1.34. The molecule has 0 aliphatic carbocycles. The van der Waals surface area contributed by atoms with E-state index in [-0.39, 0.29) is 5.75 Å². The Labute approximate surface area is 144 Å². The smallest absolute Gasteiger partial charge is 0.149 e. The minimum absolute atomic E-state index is 0.157. The third kappa shape index (κ3) is 2.27. The molecular formula is C20H19N3O2. The van der Waals surface area contributed by atoms with Crippen molar-refractivity contribution in [2.45, 2.75) is 27.3 Å². The Kier molecular flexibility index (Phi) is 3.46. The number of hydrogen-bond donors (Lipinski definition) is 1. The standard InChI is InChI=1S/C20H19N3O2/c1-11(2)10-23-12(3)21-18-17(22-25)15-8-13-6-4-5-7-14(13)9-16(15)20(24)19(18)23/h4-9,11,24H,10H2,1-3H3. The Morgan fingerprint density at radius 2 is 1.80 bits per heavy atom. The molecule has 4 rings (SSSR count). The van der Waals surface area contributed by atoms with Gasteiger partial charge in [0.25, 0.3) is 0 Å². The molecule has 0 aliphatic rings. The van der Waals surface area contributed by atoms with Crippen LogP contribution in [0.1, 0.15) is 19.7 Å². The van der Waals surface area contributed by atoms with E-state index in [2.05, 4.69) is 24.0 Å². The minimum atomic E-state index is 0.157. The van der Waals surface area contributed by atoms with Gasteiger partial charge in [0.15, 0.2) is 0 Å². The predicted octanol–water partition coefficient (Wildman–Crippen LogP) is 5.41. The number of aryl methyl sites for hydroxylation is 1. The highest BCUT2D eigenvalue weighted by Crippen LogP contribution is 2.43. The van der Waals surface area contributed by atoms with E-state index in [1.165, 1.54) is 0 Å². The Balaban J connectivity index is 2.22. The van der Waals surface area contributed by atoms with Crippen molar-refractivity contribution in [2.24, 2.45) is 11.1 Å². The molecule has 5 heteroatoms. The first-order valence-electron chi connectivity index (χ1n) is 8.39. The van der Waals surface area contributed by atoms with Gasteiger partial charge in [-0.05, 0) is 40.9 Å². The van der Waals surface area contributed by atoms with Gasteiger partial charge in [-0.2, -0.15) is 0 Å². The molecule has 3 aromatic carbocycles. The van der Waals surface area contributed by atoms with Gasteiger partial charge in [-0.3, -0.25) is 0 Å². The lowest BCUT2D eigenvalue weighted by molar-refractivity contribution is 0.476. The second kappa shape index (κ2) is 5.55. The van der Waals surface area contributed by atoms with Crippen molar-refractivity contribution in [1.82, 2.24) is 9.55 Å². The summed E-state index contributed by atoms with van der Waals surface area (Å²) in [6.07, 6.45) is 0. The van der Waals surface area contributed by atoms with Crippen LogP contribution in [0.3, 0.4) is 0 Å². The van der Waals surface area contributed by atoms with E-state index in [1.807, 2.05) is 47.9 Å². The van der Waals surface area contributed by atoms with E-state index < -0.39 is 0 Å². The van der Waals surface area contributed by atoms with Crippen LogP contribution in [0.5, 0.6) is 5.75 Å². The Bertz CT molecular complexity index is 1140. The molecule has 1 N–H and O–H groups in total. The van der Waals surface area contributed by atoms with Crippen LogP contribution in [0, 0.1) is 17.7 Å². The molecule has 25 heavy (non-hydrogen) atoms. The second-order valence-corrected chi connectivity index (χ2v) is 6.89. The summed E-state index contributed by atoms with van der Waals surface area (Å²) in [7, 11) is 0. The molecule has 0 saturated carbocycles. The monoisotopic (exact) mass is 333 g/mol. The molecular weight excluding hydrogens is 314 g/mol. The number of aromatic nitrogens is 2. The molecule has 0 aliphatic heterocycles. The van der Waals surface area contributed by atoms with Gasteiger partial charge in [0.2, 0.25) is 0 Å². The van der Waals surface area contributed by atoms with Crippen molar-refractivity contribution < 1.29 is 5.11 Å². The van der Waals surface area contributed by atoms with Gasteiger partial charge in [0, 0.05) is 17.3 Å². The van der Waals surface area contributed by atoms with E-state index in [4.69, 9.17) is 0 Å². The first-order valence-corrected chi connectivity index (χ1v) is 8.39. The van der Waals surface area contributed by atoms with Crippen LogP contribution >= 0.6 is 0 Å². The maximum atomic E-state index is 11.6. The summed E-state index contributed by atoms with van der Waals surface area (Å²) in [6.45, 7) is 6.82. The average Bonchev–Trinajstić information content (AvgIpc) is 2.90. The molecule has 0 atom stereocenters. The predicted molar refractivity (Wildman–Crippen MR) is 101 cm³/mol. The zero-order valence-electron chi connectivity index (χ0n) is 14.4. The third-order valence-corrected chi connectivity index (χ3v) is 4.64. The molecule has 0 spiro atoms. The van der Waals surface area contributed by atoms with Crippen molar-refractivity contribution in [3.8, 4) is 5.75 Å². The molecule has 0 saturated heterocycles. The maximum absolute atomic E-state index is 11.6. The van der Waals surface area contributed by atoms with Crippen molar-refractivity contribution in [1.29, 1.82) is 0 Å². The highest BCUT2D eigenvalue weighted by molar-refractivity contribution is 6.15. The van der Waals surface area contributed by atoms with Crippen LogP contribution < -0.4 is 0 Å². The molecule has 0 radical (unpaired) electrons. The number of nitroso groups, excluding NO2 is 1. The summed E-state index contributed by atoms with van der Waals surface area (Å²) in [6, 6.07) is 11.7. The Morgan fingerprint density at radius 3 is 2.40 bits per heavy atom. The fourth-order valence-electron chi connectivity index (χ4n) is 3.54. The van der Waals surface area contributed by atoms with E-state index in [0.29, 0.717) is 40.0 Å². The van der Waals surface area contributed by atoms with E-state index in [1.54, 1.807) is 0 Å². The van der Waals surface area contributed by atoms with Crippen molar-refractivity contribution in [3.63, 3.8) is 0 Å². The van der Waals surface area contributed by atoms with Gasteiger partial charge in [-0.25, -0.2) is 4.98 Å². The molecule has 0 unspecified atom stereocenters. The first kappa shape index (κ1) is 15.6. The SMILES string of the molecule is Cc1nc2c(N=O)c3cc4ccccc4cc3c(O)c2n1CC(C)C.